The van der Waals surface area contributed by atoms with Crippen LogP contribution >= 0.6 is 0 Å². The van der Waals surface area contributed by atoms with Gasteiger partial charge in [-0.2, -0.15) is 8.78 Å². The van der Waals surface area contributed by atoms with Crippen LogP contribution in [0.1, 0.15) is 18.6 Å². The summed E-state index contributed by atoms with van der Waals surface area (Å²) in [7, 11) is 0. The summed E-state index contributed by atoms with van der Waals surface area (Å²) >= 11 is 0. The first-order valence-corrected chi connectivity index (χ1v) is 4.87. The molecule has 0 aliphatic carbocycles. The highest BCUT2D eigenvalue weighted by molar-refractivity contribution is 5.70. The quantitative estimate of drug-likeness (QED) is 0.834. The Balaban J connectivity index is 2.76. The Morgan fingerprint density at radius 3 is 2.24 bits per heavy atom. The molecule has 2 N–H and O–H groups in total. The highest BCUT2D eigenvalue weighted by Gasteiger charge is 2.22. The van der Waals surface area contributed by atoms with Gasteiger partial charge in [-0.3, -0.25) is 4.79 Å². The molecule has 17 heavy (non-hydrogen) atoms. The summed E-state index contributed by atoms with van der Waals surface area (Å²) < 4.78 is 27.9. The third-order valence-electron chi connectivity index (χ3n) is 2.31. The topological polar surface area (TPSA) is 66.8 Å². The van der Waals surface area contributed by atoms with Gasteiger partial charge in [0.1, 0.15) is 5.75 Å². The lowest BCUT2D eigenvalue weighted by atomic mass is 9.98. The van der Waals surface area contributed by atoms with Crippen LogP contribution in [0, 0.1) is 5.92 Å². The lowest BCUT2D eigenvalue weighted by Crippen LogP contribution is -2.18. The van der Waals surface area contributed by atoms with E-state index in [1.165, 1.54) is 31.2 Å². The van der Waals surface area contributed by atoms with Gasteiger partial charge in [-0.15, -0.1) is 0 Å². The summed E-state index contributed by atoms with van der Waals surface area (Å²) in [6.07, 6.45) is -1.19. The second kappa shape index (κ2) is 5.58. The van der Waals surface area contributed by atoms with E-state index in [0.717, 1.165) is 0 Å². The van der Waals surface area contributed by atoms with Crippen LogP contribution in [-0.2, 0) is 4.79 Å². The van der Waals surface area contributed by atoms with Crippen molar-refractivity contribution in [1.82, 2.24) is 0 Å². The highest BCUT2D eigenvalue weighted by atomic mass is 19.3. The maximum absolute atomic E-state index is 11.9. The molecule has 0 unspecified atom stereocenters. The molecule has 2 atom stereocenters. The van der Waals surface area contributed by atoms with Crippen LogP contribution in [0.5, 0.6) is 5.75 Å². The number of hydrogen-bond acceptors (Lipinski definition) is 3. The Kier molecular flexibility index (Phi) is 4.39. The monoisotopic (exact) mass is 246 g/mol. The standard InChI is InChI=1S/C11H12F2O4/c1-6(10(15)16)9(14)7-2-4-8(5-3-7)17-11(12)13/h2-6,9,11,14H,1H3,(H,15,16)/t6-,9+/m0/s1. The number of alkyl halides is 2. The van der Waals surface area contributed by atoms with E-state index in [2.05, 4.69) is 4.74 Å². The fourth-order valence-electron chi connectivity index (χ4n) is 1.27. The van der Waals surface area contributed by atoms with Gasteiger partial charge < -0.3 is 14.9 Å². The normalized spacial score (nSPS) is 14.4. The predicted octanol–water partition coefficient (Wildman–Crippen LogP) is 2.04. The maximum atomic E-state index is 11.9. The average Bonchev–Trinajstić information content (AvgIpc) is 2.27. The summed E-state index contributed by atoms with van der Waals surface area (Å²) in [5.74, 6) is -2.15. The van der Waals surface area contributed by atoms with Gasteiger partial charge in [0.2, 0.25) is 0 Å². The van der Waals surface area contributed by atoms with Crippen LogP contribution in [0.15, 0.2) is 24.3 Å². The van der Waals surface area contributed by atoms with Crippen molar-refractivity contribution in [3.63, 3.8) is 0 Å². The lowest BCUT2D eigenvalue weighted by molar-refractivity contribution is -0.145. The van der Waals surface area contributed by atoms with Gasteiger partial charge in [0.25, 0.3) is 0 Å². The Hall–Kier alpha value is -1.69. The second-order valence-electron chi connectivity index (χ2n) is 3.52. The van der Waals surface area contributed by atoms with E-state index in [1.807, 2.05) is 0 Å². The number of ether oxygens (including phenoxy) is 1. The van der Waals surface area contributed by atoms with Crippen LogP contribution in [0.2, 0.25) is 0 Å². The van der Waals surface area contributed by atoms with E-state index in [1.54, 1.807) is 0 Å². The molecule has 6 heteroatoms. The molecule has 0 saturated carbocycles. The van der Waals surface area contributed by atoms with Crippen LogP contribution in [0.3, 0.4) is 0 Å². The van der Waals surface area contributed by atoms with Gasteiger partial charge in [0.15, 0.2) is 0 Å². The van der Waals surface area contributed by atoms with Gasteiger partial charge in [-0.1, -0.05) is 12.1 Å². The molecular formula is C11H12F2O4. The zero-order valence-corrected chi connectivity index (χ0v) is 9.01. The first-order chi connectivity index (χ1) is 7.91. The van der Waals surface area contributed by atoms with Gasteiger partial charge >= 0.3 is 12.6 Å². The first kappa shape index (κ1) is 13.4. The molecule has 0 fully saturated rings. The Bertz CT molecular complexity index is 378. The fraction of sp³-hybridized carbons (Fsp3) is 0.364. The van der Waals surface area contributed by atoms with Gasteiger partial charge in [-0.25, -0.2) is 0 Å². The number of aliphatic hydroxyl groups excluding tert-OH is 1. The van der Waals surface area contributed by atoms with E-state index in [9.17, 15) is 18.7 Å². The van der Waals surface area contributed by atoms with Crippen LogP contribution in [0.25, 0.3) is 0 Å². The molecular weight excluding hydrogens is 234 g/mol. The van der Waals surface area contributed by atoms with Crippen molar-refractivity contribution in [2.24, 2.45) is 5.92 Å². The van der Waals surface area contributed by atoms with Crippen molar-refractivity contribution in [1.29, 1.82) is 0 Å². The van der Waals surface area contributed by atoms with Crippen molar-refractivity contribution in [3.8, 4) is 5.75 Å². The highest BCUT2D eigenvalue weighted by Crippen LogP contribution is 2.24. The van der Waals surface area contributed by atoms with E-state index in [4.69, 9.17) is 5.11 Å². The van der Waals surface area contributed by atoms with Gasteiger partial charge in [0, 0.05) is 0 Å². The van der Waals surface area contributed by atoms with Crippen molar-refractivity contribution in [3.05, 3.63) is 29.8 Å². The third kappa shape index (κ3) is 3.67. The van der Waals surface area contributed by atoms with Crippen LogP contribution < -0.4 is 4.74 Å². The average molecular weight is 246 g/mol. The number of carbonyl (C=O) groups is 1. The number of hydrogen-bond donors (Lipinski definition) is 2. The molecule has 4 nitrogen and oxygen atoms in total. The molecule has 0 aliphatic heterocycles. The van der Waals surface area contributed by atoms with E-state index < -0.39 is 24.6 Å². The SMILES string of the molecule is C[C@H](C(=O)O)[C@@H](O)c1ccc(OC(F)F)cc1. The number of aliphatic carboxylic acids is 1. The minimum absolute atomic E-state index is 0.0427. The summed E-state index contributed by atoms with van der Waals surface area (Å²) in [5.41, 5.74) is 0.335. The number of rotatable bonds is 5. The Morgan fingerprint density at radius 2 is 1.82 bits per heavy atom. The minimum atomic E-state index is -2.91. The predicted molar refractivity (Wildman–Crippen MR) is 54.8 cm³/mol. The molecule has 0 aliphatic rings. The van der Waals surface area contributed by atoms with Crippen LogP contribution in [-0.4, -0.2) is 22.8 Å². The van der Waals surface area contributed by atoms with Crippen LogP contribution in [0.4, 0.5) is 8.78 Å². The van der Waals surface area contributed by atoms with Crippen molar-refractivity contribution in [2.45, 2.75) is 19.6 Å². The summed E-state index contributed by atoms with van der Waals surface area (Å²) in [4.78, 5) is 10.6. The van der Waals surface area contributed by atoms with E-state index >= 15 is 0 Å². The summed E-state index contributed by atoms with van der Waals surface area (Å²) in [6, 6.07) is 5.20. The van der Waals surface area contributed by atoms with Crippen molar-refractivity contribution in [2.75, 3.05) is 0 Å². The van der Waals surface area contributed by atoms with Crippen molar-refractivity contribution >= 4 is 5.97 Å². The van der Waals surface area contributed by atoms with Gasteiger partial charge in [0.05, 0.1) is 12.0 Å². The molecule has 0 bridgehead atoms. The number of carboxylic acids is 1. The summed E-state index contributed by atoms with van der Waals surface area (Å²) in [6.45, 7) is -1.56. The smallest absolute Gasteiger partial charge is 0.387 e. The summed E-state index contributed by atoms with van der Waals surface area (Å²) in [5, 5.41) is 18.4. The first-order valence-electron chi connectivity index (χ1n) is 4.87. The second-order valence-corrected chi connectivity index (χ2v) is 3.52. The van der Waals surface area contributed by atoms with Crippen molar-refractivity contribution < 1.29 is 28.5 Å². The number of halogens is 2. The minimum Gasteiger partial charge on any atom is -0.481 e. The number of benzene rings is 1. The molecule has 0 radical (unpaired) electrons. The fourth-order valence-corrected chi connectivity index (χ4v) is 1.27. The third-order valence-corrected chi connectivity index (χ3v) is 2.31. The Morgan fingerprint density at radius 1 is 1.29 bits per heavy atom. The van der Waals surface area contributed by atoms with E-state index in [0.29, 0.717) is 5.56 Å². The molecule has 0 saturated heterocycles. The van der Waals surface area contributed by atoms with E-state index in [-0.39, 0.29) is 5.75 Å². The molecule has 1 aromatic carbocycles. The molecule has 94 valence electrons. The molecule has 0 spiro atoms. The molecule has 0 aromatic heterocycles. The zero-order valence-electron chi connectivity index (χ0n) is 9.01. The molecule has 1 aromatic rings. The molecule has 0 amide bonds. The zero-order chi connectivity index (χ0) is 13.0. The number of aliphatic hydroxyl groups is 1. The molecule has 0 heterocycles. The largest absolute Gasteiger partial charge is 0.481 e. The lowest BCUT2D eigenvalue weighted by Gasteiger charge is -2.15. The Labute approximate surface area is 96.5 Å². The molecule has 1 rings (SSSR count). The number of carboxylic acid groups (broad SMARTS) is 1. The van der Waals surface area contributed by atoms with Gasteiger partial charge in [-0.05, 0) is 24.6 Å². The maximum Gasteiger partial charge on any atom is 0.387 e.